The van der Waals surface area contributed by atoms with Gasteiger partial charge in [0.15, 0.2) is 0 Å². The molecule has 0 aliphatic heterocycles. The van der Waals surface area contributed by atoms with Crippen molar-refractivity contribution >= 4 is 5.95 Å². The summed E-state index contributed by atoms with van der Waals surface area (Å²) in [5.41, 5.74) is 3.38. The molecule has 0 amide bonds. The lowest BCUT2D eigenvalue weighted by molar-refractivity contribution is 0.414. The third-order valence-corrected chi connectivity index (χ3v) is 2.58. The molecule has 2 aromatic rings. The number of aryl methyl sites for hydroxylation is 2. The van der Waals surface area contributed by atoms with E-state index in [1.807, 2.05) is 26.0 Å². The van der Waals surface area contributed by atoms with Crippen LogP contribution in [-0.4, -0.2) is 17.1 Å². The first kappa shape index (κ1) is 12.4. The molecule has 0 spiro atoms. The molecule has 0 saturated carbocycles. The zero-order valence-corrected chi connectivity index (χ0v) is 10.9. The molecule has 94 valence electrons. The highest BCUT2D eigenvalue weighted by atomic mass is 16.5. The number of anilines is 1. The lowest BCUT2D eigenvalue weighted by atomic mass is 10.1. The third-order valence-electron chi connectivity index (χ3n) is 2.58. The zero-order valence-electron chi connectivity index (χ0n) is 10.9. The lowest BCUT2D eigenvalue weighted by Crippen LogP contribution is -2.04. The average Bonchev–Trinajstić information content (AvgIpc) is 2.37. The summed E-state index contributed by atoms with van der Waals surface area (Å²) in [6.07, 6.45) is 3.60. The first-order valence-corrected chi connectivity index (χ1v) is 5.84. The molecule has 0 aliphatic rings. The molecule has 0 saturated heterocycles. The van der Waals surface area contributed by atoms with Gasteiger partial charge < -0.3 is 10.1 Å². The van der Waals surface area contributed by atoms with Gasteiger partial charge in [-0.1, -0.05) is 6.07 Å². The molecule has 1 aromatic heterocycles. The SMILES string of the molecule is COc1cc(C)cc(CNc2ncc(C)cn2)c1. The number of methoxy groups -OCH3 is 1. The Hall–Kier alpha value is -2.10. The third kappa shape index (κ3) is 3.20. The van der Waals surface area contributed by atoms with Crippen LogP contribution in [0.1, 0.15) is 16.7 Å². The summed E-state index contributed by atoms with van der Waals surface area (Å²) in [5.74, 6) is 1.51. The number of nitrogens with zero attached hydrogens (tertiary/aromatic N) is 2. The van der Waals surface area contributed by atoms with Crippen LogP contribution >= 0.6 is 0 Å². The van der Waals surface area contributed by atoms with E-state index in [4.69, 9.17) is 4.74 Å². The van der Waals surface area contributed by atoms with E-state index in [1.165, 1.54) is 5.56 Å². The van der Waals surface area contributed by atoms with Crippen LogP contribution in [0.15, 0.2) is 30.6 Å². The van der Waals surface area contributed by atoms with Gasteiger partial charge in [0.05, 0.1) is 7.11 Å². The van der Waals surface area contributed by atoms with E-state index in [0.29, 0.717) is 12.5 Å². The standard InChI is InChI=1S/C14H17N3O/c1-10-4-12(6-13(5-10)18-3)9-17-14-15-7-11(2)8-16-14/h4-8H,9H2,1-3H3,(H,15,16,17). The first-order chi connectivity index (χ1) is 8.67. The molecule has 1 heterocycles. The van der Waals surface area contributed by atoms with Crippen molar-refractivity contribution in [2.24, 2.45) is 0 Å². The van der Waals surface area contributed by atoms with Crippen LogP contribution < -0.4 is 10.1 Å². The highest BCUT2D eigenvalue weighted by Gasteiger charge is 2.00. The molecule has 0 unspecified atom stereocenters. The van der Waals surface area contributed by atoms with E-state index in [9.17, 15) is 0 Å². The first-order valence-electron chi connectivity index (χ1n) is 5.84. The number of ether oxygens (including phenoxy) is 1. The smallest absolute Gasteiger partial charge is 0.222 e. The fraction of sp³-hybridized carbons (Fsp3) is 0.286. The van der Waals surface area contributed by atoms with Gasteiger partial charge in [0.25, 0.3) is 0 Å². The van der Waals surface area contributed by atoms with Crippen molar-refractivity contribution in [3.05, 3.63) is 47.3 Å². The fourth-order valence-electron chi connectivity index (χ4n) is 1.71. The number of hydrogen-bond acceptors (Lipinski definition) is 4. The molecule has 4 nitrogen and oxygen atoms in total. The molecule has 1 aromatic carbocycles. The normalized spacial score (nSPS) is 10.2. The fourth-order valence-corrected chi connectivity index (χ4v) is 1.71. The number of aromatic nitrogens is 2. The minimum absolute atomic E-state index is 0.640. The molecule has 1 N–H and O–H groups in total. The minimum atomic E-state index is 0.640. The van der Waals surface area contributed by atoms with Crippen LogP contribution in [0.5, 0.6) is 5.75 Å². The monoisotopic (exact) mass is 243 g/mol. The van der Waals surface area contributed by atoms with Crippen molar-refractivity contribution in [3.8, 4) is 5.75 Å². The number of nitrogens with one attached hydrogen (secondary N) is 1. The summed E-state index contributed by atoms with van der Waals surface area (Å²) in [7, 11) is 1.68. The van der Waals surface area contributed by atoms with Crippen molar-refractivity contribution in [1.82, 2.24) is 9.97 Å². The second-order valence-corrected chi connectivity index (χ2v) is 4.30. The second kappa shape index (κ2) is 5.49. The minimum Gasteiger partial charge on any atom is -0.497 e. The molecule has 0 atom stereocenters. The molecule has 0 aliphatic carbocycles. The Morgan fingerprint density at radius 1 is 1.06 bits per heavy atom. The van der Waals surface area contributed by atoms with Crippen molar-refractivity contribution in [1.29, 1.82) is 0 Å². The molecule has 0 fully saturated rings. The van der Waals surface area contributed by atoms with Gasteiger partial charge in [-0.2, -0.15) is 0 Å². The van der Waals surface area contributed by atoms with Gasteiger partial charge in [0.2, 0.25) is 5.95 Å². The van der Waals surface area contributed by atoms with Crippen molar-refractivity contribution in [2.45, 2.75) is 20.4 Å². The Labute approximate surface area is 107 Å². The van der Waals surface area contributed by atoms with Crippen LogP contribution in [0.2, 0.25) is 0 Å². The van der Waals surface area contributed by atoms with Crippen LogP contribution in [0, 0.1) is 13.8 Å². The van der Waals surface area contributed by atoms with Gasteiger partial charge in [-0.15, -0.1) is 0 Å². The summed E-state index contributed by atoms with van der Waals surface area (Å²) < 4.78 is 5.24. The van der Waals surface area contributed by atoms with Crippen molar-refractivity contribution in [2.75, 3.05) is 12.4 Å². The highest BCUT2D eigenvalue weighted by molar-refractivity contribution is 5.36. The van der Waals surface area contributed by atoms with Crippen LogP contribution in [0.25, 0.3) is 0 Å². The van der Waals surface area contributed by atoms with Crippen LogP contribution in [-0.2, 0) is 6.54 Å². The van der Waals surface area contributed by atoms with Crippen LogP contribution in [0.3, 0.4) is 0 Å². The average molecular weight is 243 g/mol. The van der Waals surface area contributed by atoms with E-state index >= 15 is 0 Å². The second-order valence-electron chi connectivity index (χ2n) is 4.30. The summed E-state index contributed by atoms with van der Waals surface area (Å²) >= 11 is 0. The molecular formula is C14H17N3O. The molecular weight excluding hydrogens is 226 g/mol. The van der Waals surface area contributed by atoms with E-state index in [-0.39, 0.29) is 0 Å². The predicted molar refractivity (Wildman–Crippen MR) is 71.8 cm³/mol. The molecule has 18 heavy (non-hydrogen) atoms. The predicted octanol–water partition coefficient (Wildman–Crippen LogP) is 2.71. The van der Waals surface area contributed by atoms with E-state index in [2.05, 4.69) is 21.4 Å². The number of rotatable bonds is 4. The summed E-state index contributed by atoms with van der Waals surface area (Å²) in [6.45, 7) is 4.70. The largest absolute Gasteiger partial charge is 0.497 e. The van der Waals surface area contributed by atoms with Gasteiger partial charge in [0.1, 0.15) is 5.75 Å². The zero-order chi connectivity index (χ0) is 13.0. The Morgan fingerprint density at radius 3 is 2.44 bits per heavy atom. The molecule has 4 heteroatoms. The Kier molecular flexibility index (Phi) is 3.77. The lowest BCUT2D eigenvalue weighted by Gasteiger charge is -2.08. The van der Waals surface area contributed by atoms with Gasteiger partial charge >= 0.3 is 0 Å². The summed E-state index contributed by atoms with van der Waals surface area (Å²) in [6, 6.07) is 6.13. The highest BCUT2D eigenvalue weighted by Crippen LogP contribution is 2.17. The Balaban J connectivity index is 2.05. The van der Waals surface area contributed by atoms with Crippen molar-refractivity contribution < 1.29 is 4.74 Å². The van der Waals surface area contributed by atoms with Crippen molar-refractivity contribution in [3.63, 3.8) is 0 Å². The molecule has 0 radical (unpaired) electrons. The topological polar surface area (TPSA) is 47.0 Å². The molecule has 0 bridgehead atoms. The molecule has 2 rings (SSSR count). The van der Waals surface area contributed by atoms with E-state index in [1.54, 1.807) is 19.5 Å². The van der Waals surface area contributed by atoms with Crippen LogP contribution in [0.4, 0.5) is 5.95 Å². The number of benzene rings is 1. The maximum absolute atomic E-state index is 5.24. The van der Waals surface area contributed by atoms with Gasteiger partial charge in [-0.3, -0.25) is 0 Å². The van der Waals surface area contributed by atoms with E-state index < -0.39 is 0 Å². The number of hydrogen-bond donors (Lipinski definition) is 1. The van der Waals surface area contributed by atoms with E-state index in [0.717, 1.165) is 16.9 Å². The quantitative estimate of drug-likeness (QED) is 0.897. The maximum atomic E-state index is 5.24. The maximum Gasteiger partial charge on any atom is 0.222 e. The summed E-state index contributed by atoms with van der Waals surface area (Å²) in [4.78, 5) is 8.41. The Bertz CT molecular complexity index is 523. The summed E-state index contributed by atoms with van der Waals surface area (Å²) in [5, 5.41) is 3.19. The Morgan fingerprint density at radius 2 is 1.78 bits per heavy atom. The van der Waals surface area contributed by atoms with Gasteiger partial charge in [-0.05, 0) is 42.7 Å². The van der Waals surface area contributed by atoms with Gasteiger partial charge in [-0.25, -0.2) is 9.97 Å². The van der Waals surface area contributed by atoms with Gasteiger partial charge in [0, 0.05) is 18.9 Å².